The molecule has 1 amide bonds. The second-order valence-corrected chi connectivity index (χ2v) is 5.97. The number of carbonyl (C=O) groups is 1. The van der Waals surface area contributed by atoms with E-state index in [2.05, 4.69) is 21.2 Å². The van der Waals surface area contributed by atoms with E-state index >= 15 is 0 Å². The Hall–Kier alpha value is -1.40. The van der Waals surface area contributed by atoms with Crippen LogP contribution in [0.5, 0.6) is 0 Å². The van der Waals surface area contributed by atoms with Crippen LogP contribution in [-0.2, 0) is 4.79 Å². The van der Waals surface area contributed by atoms with Gasteiger partial charge in [0.2, 0.25) is 0 Å². The van der Waals surface area contributed by atoms with E-state index in [1.54, 1.807) is 23.1 Å². The first-order valence-corrected chi connectivity index (χ1v) is 7.04. The monoisotopic (exact) mass is 322 g/mol. The van der Waals surface area contributed by atoms with E-state index in [0.29, 0.717) is 23.8 Å². The van der Waals surface area contributed by atoms with Crippen LogP contribution in [-0.4, -0.2) is 41.7 Å². The standard InChI is InChI=1S/C13H15BrN4O/c14-7-1-2-11(15)10(3-7)12(16)13(19)18-6-8-4-9(18)5-17-8/h1-3,8-9,16-17H,4-6,15H2. The molecule has 0 spiro atoms. The lowest BCUT2D eigenvalue weighted by Crippen LogP contribution is -2.49. The van der Waals surface area contributed by atoms with Crippen LogP contribution in [0.15, 0.2) is 22.7 Å². The number of benzene rings is 1. The van der Waals surface area contributed by atoms with Crippen LogP contribution < -0.4 is 11.1 Å². The Balaban J connectivity index is 1.84. The highest BCUT2D eigenvalue weighted by Gasteiger charge is 2.41. The molecule has 2 heterocycles. The van der Waals surface area contributed by atoms with Crippen molar-refractivity contribution >= 4 is 33.2 Å². The largest absolute Gasteiger partial charge is 0.398 e. The minimum atomic E-state index is -0.223. The Morgan fingerprint density at radius 1 is 1.53 bits per heavy atom. The fourth-order valence-electron chi connectivity index (χ4n) is 2.81. The molecule has 6 heteroatoms. The lowest BCUT2D eigenvalue weighted by Gasteiger charge is -2.27. The molecule has 2 saturated heterocycles. The third-order valence-corrected chi connectivity index (χ3v) is 4.31. The van der Waals surface area contributed by atoms with Gasteiger partial charge < -0.3 is 16.0 Å². The van der Waals surface area contributed by atoms with Gasteiger partial charge >= 0.3 is 0 Å². The number of rotatable bonds is 2. The van der Waals surface area contributed by atoms with Crippen LogP contribution in [0.25, 0.3) is 0 Å². The molecule has 3 rings (SSSR count). The molecule has 2 atom stereocenters. The third-order valence-electron chi connectivity index (χ3n) is 3.82. The maximum absolute atomic E-state index is 12.4. The van der Waals surface area contributed by atoms with Gasteiger partial charge in [0.15, 0.2) is 0 Å². The SMILES string of the molecule is N=C(C(=O)N1CC2CC1CN2)c1cc(Br)ccc1N. The molecule has 2 aliphatic rings. The first kappa shape index (κ1) is 12.6. The van der Waals surface area contributed by atoms with Crippen molar-refractivity contribution in [2.24, 2.45) is 0 Å². The van der Waals surface area contributed by atoms with Crippen molar-refractivity contribution in [3.63, 3.8) is 0 Å². The summed E-state index contributed by atoms with van der Waals surface area (Å²) in [4.78, 5) is 14.2. The molecule has 0 aromatic heterocycles. The van der Waals surface area contributed by atoms with Crippen molar-refractivity contribution in [3.05, 3.63) is 28.2 Å². The molecule has 1 aromatic carbocycles. The van der Waals surface area contributed by atoms with Crippen molar-refractivity contribution in [3.8, 4) is 0 Å². The van der Waals surface area contributed by atoms with Crippen molar-refractivity contribution in [2.45, 2.75) is 18.5 Å². The molecular weight excluding hydrogens is 308 g/mol. The molecule has 2 aliphatic heterocycles. The van der Waals surface area contributed by atoms with Gasteiger partial charge in [0.25, 0.3) is 5.91 Å². The zero-order valence-corrected chi connectivity index (χ0v) is 11.9. The van der Waals surface area contributed by atoms with Gasteiger partial charge in [-0.3, -0.25) is 10.2 Å². The highest BCUT2D eigenvalue weighted by molar-refractivity contribution is 9.10. The summed E-state index contributed by atoms with van der Waals surface area (Å²) in [5, 5.41) is 11.4. The van der Waals surface area contributed by atoms with Crippen molar-refractivity contribution in [1.82, 2.24) is 10.2 Å². The number of anilines is 1. The van der Waals surface area contributed by atoms with Gasteiger partial charge in [-0.05, 0) is 24.6 Å². The zero-order valence-electron chi connectivity index (χ0n) is 10.3. The van der Waals surface area contributed by atoms with Gasteiger partial charge in [-0.2, -0.15) is 0 Å². The Morgan fingerprint density at radius 3 is 2.95 bits per heavy atom. The van der Waals surface area contributed by atoms with Crippen molar-refractivity contribution < 1.29 is 4.79 Å². The lowest BCUT2D eigenvalue weighted by atomic mass is 10.1. The summed E-state index contributed by atoms with van der Waals surface area (Å²) in [5.41, 5.74) is 6.79. The second-order valence-electron chi connectivity index (χ2n) is 5.06. The Labute approximate surface area is 119 Å². The smallest absolute Gasteiger partial charge is 0.272 e. The van der Waals surface area contributed by atoms with Gasteiger partial charge in [0, 0.05) is 40.9 Å². The van der Waals surface area contributed by atoms with Crippen LogP contribution in [0.1, 0.15) is 12.0 Å². The number of likely N-dealkylation sites (tertiary alicyclic amines) is 1. The summed E-state index contributed by atoms with van der Waals surface area (Å²) in [6.45, 7) is 1.53. The maximum atomic E-state index is 12.4. The minimum absolute atomic E-state index is 0.0219. The van der Waals surface area contributed by atoms with Gasteiger partial charge in [-0.1, -0.05) is 15.9 Å². The minimum Gasteiger partial charge on any atom is -0.398 e. The van der Waals surface area contributed by atoms with Gasteiger partial charge in [0.1, 0.15) is 5.71 Å². The fraction of sp³-hybridized carbons (Fsp3) is 0.385. The van der Waals surface area contributed by atoms with E-state index in [0.717, 1.165) is 17.4 Å². The average Bonchev–Trinajstić information content (AvgIpc) is 3.02. The van der Waals surface area contributed by atoms with E-state index < -0.39 is 0 Å². The van der Waals surface area contributed by atoms with E-state index in [1.807, 2.05) is 0 Å². The van der Waals surface area contributed by atoms with E-state index in [-0.39, 0.29) is 17.7 Å². The highest BCUT2D eigenvalue weighted by atomic mass is 79.9. The summed E-state index contributed by atoms with van der Waals surface area (Å²) in [5.74, 6) is -0.223. The molecule has 2 bridgehead atoms. The second kappa shape index (κ2) is 4.61. The maximum Gasteiger partial charge on any atom is 0.272 e. The summed E-state index contributed by atoms with van der Waals surface area (Å²) in [7, 11) is 0. The number of halogens is 1. The van der Waals surface area contributed by atoms with E-state index in [1.165, 1.54) is 0 Å². The topological polar surface area (TPSA) is 82.2 Å². The van der Waals surface area contributed by atoms with Gasteiger partial charge in [-0.25, -0.2) is 0 Å². The Bertz CT molecular complexity index is 560. The first-order valence-electron chi connectivity index (χ1n) is 6.24. The number of nitrogen functional groups attached to an aromatic ring is 1. The molecule has 0 radical (unpaired) electrons. The molecule has 0 saturated carbocycles. The van der Waals surface area contributed by atoms with E-state index in [9.17, 15) is 4.79 Å². The molecule has 2 unspecified atom stereocenters. The van der Waals surface area contributed by atoms with E-state index in [4.69, 9.17) is 11.1 Å². The number of nitrogens with zero attached hydrogens (tertiary/aromatic N) is 1. The number of hydrogen-bond donors (Lipinski definition) is 3. The van der Waals surface area contributed by atoms with Gasteiger partial charge in [-0.15, -0.1) is 0 Å². The zero-order chi connectivity index (χ0) is 13.6. The van der Waals surface area contributed by atoms with Crippen molar-refractivity contribution in [1.29, 1.82) is 5.41 Å². The predicted octanol–water partition coefficient (Wildman–Crippen LogP) is 0.972. The molecular formula is C13H15BrN4O. The number of hydrogen-bond acceptors (Lipinski definition) is 4. The predicted molar refractivity (Wildman–Crippen MR) is 77.3 cm³/mol. The fourth-order valence-corrected chi connectivity index (χ4v) is 3.17. The van der Waals surface area contributed by atoms with Crippen LogP contribution in [0.2, 0.25) is 0 Å². The number of carbonyl (C=O) groups excluding carboxylic acids is 1. The number of piperazine rings is 1. The van der Waals surface area contributed by atoms with Crippen LogP contribution in [0, 0.1) is 5.41 Å². The molecule has 0 aliphatic carbocycles. The van der Waals surface area contributed by atoms with Crippen LogP contribution in [0.3, 0.4) is 0 Å². The normalized spacial score (nSPS) is 24.8. The van der Waals surface area contributed by atoms with Crippen LogP contribution >= 0.6 is 15.9 Å². The van der Waals surface area contributed by atoms with Gasteiger partial charge in [0.05, 0.1) is 0 Å². The summed E-state index contributed by atoms with van der Waals surface area (Å²) in [6.07, 6.45) is 0.993. The molecule has 5 nitrogen and oxygen atoms in total. The Kier molecular flexibility index (Phi) is 3.06. The molecule has 2 fully saturated rings. The first-order chi connectivity index (χ1) is 9.06. The number of nitrogens with one attached hydrogen (secondary N) is 2. The quantitative estimate of drug-likeness (QED) is 0.560. The molecule has 4 N–H and O–H groups in total. The summed E-state index contributed by atoms with van der Waals surface area (Å²) >= 11 is 3.34. The average molecular weight is 323 g/mol. The summed E-state index contributed by atoms with van der Waals surface area (Å²) in [6, 6.07) is 5.85. The number of amides is 1. The third kappa shape index (κ3) is 2.15. The van der Waals surface area contributed by atoms with Crippen molar-refractivity contribution in [2.75, 3.05) is 18.8 Å². The lowest BCUT2D eigenvalue weighted by molar-refractivity contribution is -0.125. The molecule has 19 heavy (non-hydrogen) atoms. The summed E-state index contributed by atoms with van der Waals surface area (Å²) < 4.78 is 0.818. The Morgan fingerprint density at radius 2 is 2.32 bits per heavy atom. The number of nitrogens with two attached hydrogens (primary N) is 1. The molecule has 1 aromatic rings. The molecule has 100 valence electrons. The van der Waals surface area contributed by atoms with Crippen LogP contribution in [0.4, 0.5) is 5.69 Å². The highest BCUT2D eigenvalue weighted by Crippen LogP contribution is 2.25. The number of fused-ring (bicyclic) bond motifs is 2.